The Bertz CT molecular complexity index is 923. The number of nitrogens with two attached hydrogens (primary N) is 1. The monoisotopic (exact) mass is 434 g/mol. The van der Waals surface area contributed by atoms with Crippen LogP contribution in [0.1, 0.15) is 27.5 Å². The van der Waals surface area contributed by atoms with Gasteiger partial charge in [-0.3, -0.25) is 9.48 Å². The highest BCUT2D eigenvalue weighted by atomic mass is 127. The summed E-state index contributed by atoms with van der Waals surface area (Å²) in [5, 5.41) is 8.40. The van der Waals surface area contributed by atoms with Crippen molar-refractivity contribution in [2.45, 2.75) is 6.92 Å². The first kappa shape index (κ1) is 16.4. The predicted molar refractivity (Wildman–Crippen MR) is 100 cm³/mol. The van der Waals surface area contributed by atoms with Gasteiger partial charge in [-0.15, -0.1) is 0 Å². The molecule has 0 spiro atoms. The summed E-state index contributed by atoms with van der Waals surface area (Å²) in [5.74, 6) is 0.205. The Balaban J connectivity index is 1.96. The van der Waals surface area contributed by atoms with Crippen molar-refractivity contribution in [3.63, 3.8) is 0 Å². The van der Waals surface area contributed by atoms with Gasteiger partial charge in [-0.1, -0.05) is 17.3 Å². The molecule has 0 atom stereocenters. The van der Waals surface area contributed by atoms with Crippen molar-refractivity contribution < 1.29 is 9.32 Å². The highest BCUT2D eigenvalue weighted by Gasteiger charge is 2.13. The fraction of sp³-hybridized carbons (Fsp3) is 0.118. The van der Waals surface area contributed by atoms with E-state index in [2.05, 4.69) is 32.8 Å². The number of benzene rings is 1. The van der Waals surface area contributed by atoms with Crippen molar-refractivity contribution in [2.75, 3.05) is 0 Å². The van der Waals surface area contributed by atoms with Gasteiger partial charge < -0.3 is 10.3 Å². The Hall–Kier alpha value is -2.42. The molecule has 0 aliphatic carbocycles. The Morgan fingerprint density at radius 3 is 2.62 bits per heavy atom. The Morgan fingerprint density at radius 1 is 1.29 bits per heavy atom. The first-order chi connectivity index (χ1) is 11.5. The number of amides is 1. The molecule has 0 saturated carbocycles. The smallest absolute Gasteiger partial charge is 0.266 e. The normalized spacial score (nSPS) is 11.3. The highest BCUT2D eigenvalue weighted by Crippen LogP contribution is 2.27. The maximum absolute atomic E-state index is 11.3. The SMILES string of the molecule is Cc1onc(-c2ccc(I)cc2)c1/C=C/c1cc(C(N)=O)n(C)n1. The lowest BCUT2D eigenvalue weighted by Gasteiger charge is -1.98. The summed E-state index contributed by atoms with van der Waals surface area (Å²) in [6.45, 7) is 1.86. The van der Waals surface area contributed by atoms with Crippen molar-refractivity contribution in [3.8, 4) is 11.3 Å². The summed E-state index contributed by atoms with van der Waals surface area (Å²) >= 11 is 2.26. The first-order valence-corrected chi connectivity index (χ1v) is 8.27. The van der Waals surface area contributed by atoms with Gasteiger partial charge in [-0.05, 0) is 59.9 Å². The maximum atomic E-state index is 11.3. The minimum Gasteiger partial charge on any atom is -0.364 e. The second-order valence-electron chi connectivity index (χ2n) is 5.28. The largest absolute Gasteiger partial charge is 0.364 e. The van der Waals surface area contributed by atoms with Crippen LogP contribution < -0.4 is 5.73 Å². The molecular formula is C17H15IN4O2. The van der Waals surface area contributed by atoms with Crippen molar-refractivity contribution in [2.24, 2.45) is 12.8 Å². The molecule has 7 heteroatoms. The van der Waals surface area contributed by atoms with Crippen LogP contribution in [0.15, 0.2) is 34.9 Å². The molecule has 2 N–H and O–H groups in total. The van der Waals surface area contributed by atoms with E-state index in [1.54, 1.807) is 13.1 Å². The summed E-state index contributed by atoms with van der Waals surface area (Å²) < 4.78 is 7.95. The van der Waals surface area contributed by atoms with Crippen molar-refractivity contribution >= 4 is 40.7 Å². The molecule has 0 bridgehead atoms. The van der Waals surface area contributed by atoms with E-state index in [0.717, 1.165) is 20.4 Å². The zero-order valence-corrected chi connectivity index (χ0v) is 15.3. The van der Waals surface area contributed by atoms with Gasteiger partial charge in [-0.25, -0.2) is 0 Å². The molecule has 2 heterocycles. The van der Waals surface area contributed by atoms with E-state index in [1.807, 2.05) is 43.3 Å². The molecule has 0 unspecified atom stereocenters. The number of aryl methyl sites for hydroxylation is 2. The number of hydrogen-bond acceptors (Lipinski definition) is 4. The van der Waals surface area contributed by atoms with E-state index in [1.165, 1.54) is 4.68 Å². The summed E-state index contributed by atoms with van der Waals surface area (Å²) in [6, 6.07) is 9.69. The number of carbonyl (C=O) groups is 1. The van der Waals surface area contributed by atoms with E-state index >= 15 is 0 Å². The molecule has 0 saturated heterocycles. The standard InChI is InChI=1S/C17H15IN4O2/c1-10-14(8-7-13-9-15(17(19)23)22(2)20-13)16(21-24-10)11-3-5-12(18)6-4-11/h3-9H,1-2H3,(H2,19,23)/b8-7+. The van der Waals surface area contributed by atoms with Gasteiger partial charge in [0.2, 0.25) is 0 Å². The molecule has 2 aromatic heterocycles. The van der Waals surface area contributed by atoms with E-state index in [4.69, 9.17) is 10.3 Å². The van der Waals surface area contributed by atoms with E-state index in [-0.39, 0.29) is 0 Å². The molecule has 6 nitrogen and oxygen atoms in total. The molecule has 122 valence electrons. The lowest BCUT2D eigenvalue weighted by molar-refractivity contribution is 0.0991. The van der Waals surface area contributed by atoms with Crippen LogP contribution in [-0.2, 0) is 7.05 Å². The molecule has 3 rings (SSSR count). The summed E-state index contributed by atoms with van der Waals surface area (Å²) in [6.07, 6.45) is 3.69. The fourth-order valence-corrected chi connectivity index (χ4v) is 2.72. The molecule has 0 radical (unpaired) electrons. The lowest BCUT2D eigenvalue weighted by Crippen LogP contribution is -2.15. The Morgan fingerprint density at radius 2 is 2.00 bits per heavy atom. The number of hydrogen-bond donors (Lipinski definition) is 1. The van der Waals surface area contributed by atoms with Gasteiger partial charge in [0.15, 0.2) is 0 Å². The van der Waals surface area contributed by atoms with Gasteiger partial charge in [0, 0.05) is 21.7 Å². The average Bonchev–Trinajstić information content (AvgIpc) is 3.09. The number of nitrogens with zero attached hydrogens (tertiary/aromatic N) is 3. The maximum Gasteiger partial charge on any atom is 0.266 e. The van der Waals surface area contributed by atoms with Crippen LogP contribution in [0.4, 0.5) is 0 Å². The van der Waals surface area contributed by atoms with Gasteiger partial charge in [0.25, 0.3) is 5.91 Å². The third-order valence-corrected chi connectivity index (χ3v) is 4.32. The minimum absolute atomic E-state index is 0.356. The zero-order chi connectivity index (χ0) is 17.3. The number of halogens is 1. The molecule has 1 amide bonds. The molecule has 0 fully saturated rings. The molecule has 3 aromatic rings. The van der Waals surface area contributed by atoms with Crippen molar-refractivity contribution in [1.82, 2.24) is 14.9 Å². The van der Waals surface area contributed by atoms with Gasteiger partial charge in [0.05, 0.1) is 5.69 Å². The molecule has 24 heavy (non-hydrogen) atoms. The summed E-state index contributed by atoms with van der Waals surface area (Å²) in [7, 11) is 1.68. The second-order valence-corrected chi connectivity index (χ2v) is 6.53. The second kappa shape index (κ2) is 6.60. The van der Waals surface area contributed by atoms with Crippen LogP contribution in [0.25, 0.3) is 23.4 Å². The third-order valence-electron chi connectivity index (χ3n) is 3.60. The molecule has 0 aliphatic rings. The Kier molecular flexibility index (Phi) is 4.52. The van der Waals surface area contributed by atoms with Crippen LogP contribution in [0.5, 0.6) is 0 Å². The number of primary amides is 1. The van der Waals surface area contributed by atoms with Crippen molar-refractivity contribution in [1.29, 1.82) is 0 Å². The van der Waals surface area contributed by atoms with E-state index < -0.39 is 5.91 Å². The van der Waals surface area contributed by atoms with Gasteiger partial charge in [-0.2, -0.15) is 5.10 Å². The van der Waals surface area contributed by atoms with E-state index in [9.17, 15) is 4.79 Å². The first-order valence-electron chi connectivity index (χ1n) is 7.20. The van der Waals surface area contributed by atoms with Crippen LogP contribution in [0.3, 0.4) is 0 Å². The Labute approximate surface area is 152 Å². The minimum atomic E-state index is -0.509. The number of aromatic nitrogens is 3. The van der Waals surface area contributed by atoms with Gasteiger partial charge in [0.1, 0.15) is 17.1 Å². The average molecular weight is 434 g/mol. The van der Waals surface area contributed by atoms with Crippen LogP contribution >= 0.6 is 22.6 Å². The highest BCUT2D eigenvalue weighted by molar-refractivity contribution is 14.1. The van der Waals surface area contributed by atoms with E-state index in [0.29, 0.717) is 17.1 Å². The summed E-state index contributed by atoms with van der Waals surface area (Å²) in [4.78, 5) is 11.3. The summed E-state index contributed by atoms with van der Waals surface area (Å²) in [5.41, 5.74) is 8.93. The molecule has 0 aliphatic heterocycles. The van der Waals surface area contributed by atoms with Crippen LogP contribution in [0, 0.1) is 10.5 Å². The lowest BCUT2D eigenvalue weighted by atomic mass is 10.1. The quantitative estimate of drug-likeness (QED) is 0.639. The number of carbonyl (C=O) groups excluding carboxylic acids is 1. The fourth-order valence-electron chi connectivity index (χ4n) is 2.36. The van der Waals surface area contributed by atoms with Crippen molar-refractivity contribution in [3.05, 3.63) is 56.6 Å². The topological polar surface area (TPSA) is 86.9 Å². The number of rotatable bonds is 4. The van der Waals surface area contributed by atoms with Gasteiger partial charge >= 0.3 is 0 Å². The molecular weight excluding hydrogens is 419 g/mol. The van der Waals surface area contributed by atoms with Crippen LogP contribution in [0.2, 0.25) is 0 Å². The third kappa shape index (κ3) is 3.25. The van der Waals surface area contributed by atoms with Crippen LogP contribution in [-0.4, -0.2) is 20.8 Å². The predicted octanol–water partition coefficient (Wildman–Crippen LogP) is 3.26. The molecule has 1 aromatic carbocycles. The zero-order valence-electron chi connectivity index (χ0n) is 13.2.